The molecule has 23 heavy (non-hydrogen) atoms. The molecule has 0 atom stereocenters. The highest BCUT2D eigenvalue weighted by atomic mass is 32.2. The Hall–Kier alpha value is -1.04. The number of nitrogens with one attached hydrogen (secondary N) is 2. The molecule has 1 saturated heterocycles. The minimum atomic E-state index is 0.819. The molecule has 0 bridgehead atoms. The molecule has 1 aromatic carbocycles. The number of likely N-dealkylation sites (tertiary alicyclic amines) is 1. The SMILES string of the molecule is CCCSc1ccc2nc(CNCCN3CCCCC3)[nH]c2c1. The van der Waals surface area contributed by atoms with E-state index >= 15 is 0 Å². The van der Waals surface area contributed by atoms with Crippen LogP contribution in [-0.2, 0) is 6.54 Å². The second-order valence-corrected chi connectivity index (χ2v) is 7.46. The van der Waals surface area contributed by atoms with Crippen LogP contribution in [0.3, 0.4) is 0 Å². The van der Waals surface area contributed by atoms with E-state index in [1.807, 2.05) is 11.8 Å². The third kappa shape index (κ3) is 4.96. The lowest BCUT2D eigenvalue weighted by Gasteiger charge is -2.26. The average Bonchev–Trinajstić information content (AvgIpc) is 3.00. The molecule has 2 aromatic rings. The molecule has 0 unspecified atom stereocenters. The smallest absolute Gasteiger partial charge is 0.121 e. The molecule has 126 valence electrons. The van der Waals surface area contributed by atoms with E-state index in [-0.39, 0.29) is 0 Å². The minimum Gasteiger partial charge on any atom is -0.341 e. The predicted molar refractivity (Wildman–Crippen MR) is 99.1 cm³/mol. The maximum atomic E-state index is 4.68. The normalized spacial score (nSPS) is 16.2. The maximum Gasteiger partial charge on any atom is 0.121 e. The number of hydrogen-bond donors (Lipinski definition) is 2. The quantitative estimate of drug-likeness (QED) is 0.572. The number of piperidine rings is 1. The van der Waals surface area contributed by atoms with E-state index in [1.54, 1.807) is 0 Å². The molecule has 2 heterocycles. The summed E-state index contributed by atoms with van der Waals surface area (Å²) in [4.78, 5) is 12.0. The van der Waals surface area contributed by atoms with Crippen molar-refractivity contribution in [2.45, 2.75) is 44.0 Å². The van der Waals surface area contributed by atoms with E-state index in [0.717, 1.165) is 36.5 Å². The Morgan fingerprint density at radius 1 is 1.26 bits per heavy atom. The lowest BCUT2D eigenvalue weighted by atomic mass is 10.1. The van der Waals surface area contributed by atoms with Gasteiger partial charge in [-0.25, -0.2) is 4.98 Å². The molecule has 4 nitrogen and oxygen atoms in total. The van der Waals surface area contributed by atoms with E-state index in [4.69, 9.17) is 0 Å². The van der Waals surface area contributed by atoms with Crippen LogP contribution >= 0.6 is 11.8 Å². The molecule has 0 saturated carbocycles. The first kappa shape index (κ1) is 16.8. The Bertz CT molecular complexity index is 604. The number of aromatic amines is 1. The molecular formula is C18H28N4S. The summed E-state index contributed by atoms with van der Waals surface area (Å²) in [7, 11) is 0. The molecule has 3 rings (SSSR count). The van der Waals surface area contributed by atoms with Crippen LogP contribution in [0, 0.1) is 0 Å². The fourth-order valence-electron chi connectivity index (χ4n) is 3.06. The summed E-state index contributed by atoms with van der Waals surface area (Å²) < 4.78 is 0. The summed E-state index contributed by atoms with van der Waals surface area (Å²) in [5.74, 6) is 2.21. The Balaban J connectivity index is 1.47. The first-order valence-electron chi connectivity index (χ1n) is 8.89. The Labute approximate surface area is 143 Å². The molecule has 0 spiro atoms. The summed E-state index contributed by atoms with van der Waals surface area (Å²) in [6.45, 7) is 7.76. The summed E-state index contributed by atoms with van der Waals surface area (Å²) in [5, 5.41) is 3.52. The van der Waals surface area contributed by atoms with Gasteiger partial charge in [0.2, 0.25) is 0 Å². The number of rotatable bonds is 8. The fraction of sp³-hybridized carbons (Fsp3) is 0.611. The van der Waals surface area contributed by atoms with Crippen molar-refractivity contribution in [3.63, 3.8) is 0 Å². The van der Waals surface area contributed by atoms with E-state index in [2.05, 4.69) is 45.3 Å². The predicted octanol–water partition coefficient (Wildman–Crippen LogP) is 3.64. The van der Waals surface area contributed by atoms with Gasteiger partial charge >= 0.3 is 0 Å². The monoisotopic (exact) mass is 332 g/mol. The first-order valence-corrected chi connectivity index (χ1v) is 9.88. The van der Waals surface area contributed by atoms with Crippen LogP contribution in [0.5, 0.6) is 0 Å². The number of fused-ring (bicyclic) bond motifs is 1. The van der Waals surface area contributed by atoms with Crippen LogP contribution < -0.4 is 5.32 Å². The van der Waals surface area contributed by atoms with Gasteiger partial charge in [0.05, 0.1) is 17.6 Å². The van der Waals surface area contributed by atoms with Crippen molar-refractivity contribution in [1.29, 1.82) is 0 Å². The topological polar surface area (TPSA) is 44.0 Å². The van der Waals surface area contributed by atoms with Crippen molar-refractivity contribution in [2.24, 2.45) is 0 Å². The molecule has 0 radical (unpaired) electrons. The lowest BCUT2D eigenvalue weighted by Crippen LogP contribution is -2.35. The van der Waals surface area contributed by atoms with Crippen molar-refractivity contribution in [3.05, 3.63) is 24.0 Å². The standard InChI is InChI=1S/C18H28N4S/c1-2-12-23-15-6-7-16-17(13-15)21-18(20-16)14-19-8-11-22-9-4-3-5-10-22/h6-7,13,19H,2-5,8-12,14H2,1H3,(H,20,21). The Kier molecular flexibility index (Phi) is 6.37. The van der Waals surface area contributed by atoms with E-state index < -0.39 is 0 Å². The molecule has 0 aliphatic carbocycles. The average molecular weight is 333 g/mol. The summed E-state index contributed by atoms with van der Waals surface area (Å²) in [6, 6.07) is 6.53. The second-order valence-electron chi connectivity index (χ2n) is 6.29. The van der Waals surface area contributed by atoms with Crippen molar-refractivity contribution in [2.75, 3.05) is 31.9 Å². The van der Waals surface area contributed by atoms with Crippen molar-refractivity contribution >= 4 is 22.8 Å². The lowest BCUT2D eigenvalue weighted by molar-refractivity contribution is 0.229. The van der Waals surface area contributed by atoms with Gasteiger partial charge in [-0.2, -0.15) is 0 Å². The van der Waals surface area contributed by atoms with Gasteiger partial charge in [-0.1, -0.05) is 13.3 Å². The van der Waals surface area contributed by atoms with Gasteiger partial charge in [-0.05, 0) is 56.3 Å². The van der Waals surface area contributed by atoms with Gasteiger partial charge < -0.3 is 15.2 Å². The number of aromatic nitrogens is 2. The van der Waals surface area contributed by atoms with Crippen molar-refractivity contribution in [3.8, 4) is 0 Å². The van der Waals surface area contributed by atoms with E-state index in [0.29, 0.717) is 0 Å². The number of thioether (sulfide) groups is 1. The van der Waals surface area contributed by atoms with Gasteiger partial charge in [-0.3, -0.25) is 0 Å². The number of benzene rings is 1. The van der Waals surface area contributed by atoms with Gasteiger partial charge in [0.15, 0.2) is 0 Å². The van der Waals surface area contributed by atoms with Crippen molar-refractivity contribution < 1.29 is 0 Å². The molecule has 1 fully saturated rings. The summed E-state index contributed by atoms with van der Waals surface area (Å²) in [6.07, 6.45) is 5.34. The Morgan fingerprint density at radius 2 is 2.13 bits per heavy atom. The van der Waals surface area contributed by atoms with Gasteiger partial charge in [0, 0.05) is 18.0 Å². The summed E-state index contributed by atoms with van der Waals surface area (Å²) >= 11 is 1.91. The molecule has 2 N–H and O–H groups in total. The highest BCUT2D eigenvalue weighted by molar-refractivity contribution is 7.99. The first-order chi connectivity index (χ1) is 11.3. The van der Waals surface area contributed by atoms with Crippen molar-refractivity contribution in [1.82, 2.24) is 20.2 Å². The van der Waals surface area contributed by atoms with Crippen LogP contribution in [-0.4, -0.2) is 46.8 Å². The fourth-order valence-corrected chi connectivity index (χ4v) is 3.87. The van der Waals surface area contributed by atoms with Gasteiger partial charge in [0.25, 0.3) is 0 Å². The number of hydrogen-bond acceptors (Lipinski definition) is 4. The highest BCUT2D eigenvalue weighted by Crippen LogP contribution is 2.23. The zero-order valence-electron chi connectivity index (χ0n) is 14.1. The van der Waals surface area contributed by atoms with E-state index in [1.165, 1.54) is 49.4 Å². The third-order valence-electron chi connectivity index (χ3n) is 4.32. The molecular weight excluding hydrogens is 304 g/mol. The van der Waals surface area contributed by atoms with E-state index in [9.17, 15) is 0 Å². The molecule has 1 aromatic heterocycles. The maximum absolute atomic E-state index is 4.68. The van der Waals surface area contributed by atoms with Gasteiger partial charge in [-0.15, -0.1) is 11.8 Å². The van der Waals surface area contributed by atoms with Crippen LogP contribution in [0.25, 0.3) is 11.0 Å². The minimum absolute atomic E-state index is 0.819. The zero-order valence-corrected chi connectivity index (χ0v) is 14.9. The second kappa shape index (κ2) is 8.71. The molecule has 5 heteroatoms. The largest absolute Gasteiger partial charge is 0.341 e. The molecule has 1 aliphatic heterocycles. The molecule has 0 amide bonds. The summed E-state index contributed by atoms with van der Waals surface area (Å²) in [5.41, 5.74) is 2.22. The van der Waals surface area contributed by atoms with Crippen LogP contribution in [0.4, 0.5) is 0 Å². The van der Waals surface area contributed by atoms with Crippen LogP contribution in [0.15, 0.2) is 23.1 Å². The van der Waals surface area contributed by atoms with Gasteiger partial charge in [0.1, 0.15) is 5.82 Å². The molecule has 1 aliphatic rings. The number of imidazole rings is 1. The highest BCUT2D eigenvalue weighted by Gasteiger charge is 2.09. The number of nitrogens with zero attached hydrogens (tertiary/aromatic N) is 2. The zero-order chi connectivity index (χ0) is 15.9. The third-order valence-corrected chi connectivity index (χ3v) is 5.52. The van der Waals surface area contributed by atoms with Crippen LogP contribution in [0.2, 0.25) is 0 Å². The number of H-pyrrole nitrogens is 1. The Morgan fingerprint density at radius 3 is 2.96 bits per heavy atom. The van der Waals surface area contributed by atoms with Crippen LogP contribution in [0.1, 0.15) is 38.4 Å².